The molecule has 98 valence electrons. The SMILES string of the molecule is CC(C)OC(=O)[C@H]1[C@H]2C=C[C@@H]([C@@H]3C[C@@H]23)[C@@H]1C(=O)O. The van der Waals surface area contributed by atoms with Crippen molar-refractivity contribution in [2.45, 2.75) is 26.4 Å². The summed E-state index contributed by atoms with van der Waals surface area (Å²) in [6.07, 6.45) is 4.94. The maximum Gasteiger partial charge on any atom is 0.310 e. The molecule has 0 amide bonds. The Morgan fingerprint density at radius 3 is 2.22 bits per heavy atom. The molecule has 6 atom stereocenters. The Labute approximate surface area is 106 Å². The first-order valence-electron chi connectivity index (χ1n) is 6.62. The molecule has 4 heteroatoms. The second kappa shape index (κ2) is 3.84. The normalized spacial score (nSPS) is 43.7. The van der Waals surface area contributed by atoms with Gasteiger partial charge in [0.1, 0.15) is 0 Å². The van der Waals surface area contributed by atoms with Gasteiger partial charge in [0.05, 0.1) is 17.9 Å². The van der Waals surface area contributed by atoms with E-state index >= 15 is 0 Å². The first-order chi connectivity index (χ1) is 8.50. The Kier molecular flexibility index (Phi) is 2.50. The highest BCUT2D eigenvalue weighted by Crippen LogP contribution is 2.63. The number of rotatable bonds is 3. The quantitative estimate of drug-likeness (QED) is 0.611. The average Bonchev–Trinajstić information content (AvgIpc) is 3.07. The Hall–Kier alpha value is -1.32. The lowest BCUT2D eigenvalue weighted by atomic mass is 9.62. The van der Waals surface area contributed by atoms with Crippen LogP contribution in [0, 0.1) is 35.5 Å². The summed E-state index contributed by atoms with van der Waals surface area (Å²) in [6.45, 7) is 3.59. The zero-order valence-electron chi connectivity index (χ0n) is 10.6. The number of carbonyl (C=O) groups excluding carboxylic acids is 1. The van der Waals surface area contributed by atoms with Gasteiger partial charge in [-0.3, -0.25) is 9.59 Å². The fraction of sp³-hybridized carbons (Fsp3) is 0.714. The molecule has 0 heterocycles. The fourth-order valence-electron chi connectivity index (χ4n) is 3.85. The molecule has 4 aliphatic carbocycles. The van der Waals surface area contributed by atoms with Crippen LogP contribution in [-0.4, -0.2) is 23.1 Å². The lowest BCUT2D eigenvalue weighted by Crippen LogP contribution is -2.47. The van der Waals surface area contributed by atoms with Gasteiger partial charge in [-0.15, -0.1) is 0 Å². The maximum absolute atomic E-state index is 12.2. The second-order valence-electron chi connectivity index (χ2n) is 5.98. The predicted octanol–water partition coefficient (Wildman–Crippen LogP) is 1.71. The molecule has 0 aromatic heterocycles. The Morgan fingerprint density at radius 2 is 1.72 bits per heavy atom. The van der Waals surface area contributed by atoms with Crippen molar-refractivity contribution in [3.63, 3.8) is 0 Å². The molecule has 2 saturated carbocycles. The van der Waals surface area contributed by atoms with E-state index in [1.807, 2.05) is 12.2 Å². The van der Waals surface area contributed by atoms with Crippen LogP contribution in [0.4, 0.5) is 0 Å². The summed E-state index contributed by atoms with van der Waals surface area (Å²) in [7, 11) is 0. The molecule has 0 aromatic rings. The molecule has 2 bridgehead atoms. The summed E-state index contributed by atoms with van der Waals surface area (Å²) >= 11 is 0. The highest BCUT2D eigenvalue weighted by molar-refractivity contribution is 5.83. The van der Waals surface area contributed by atoms with Crippen molar-refractivity contribution >= 4 is 11.9 Å². The van der Waals surface area contributed by atoms with Crippen LogP contribution in [0.25, 0.3) is 0 Å². The van der Waals surface area contributed by atoms with Gasteiger partial charge in [0, 0.05) is 0 Å². The molecule has 0 spiro atoms. The van der Waals surface area contributed by atoms with Gasteiger partial charge in [0.25, 0.3) is 0 Å². The van der Waals surface area contributed by atoms with E-state index < -0.39 is 17.8 Å². The molecular formula is C14H18O4. The van der Waals surface area contributed by atoms with E-state index in [2.05, 4.69) is 0 Å². The van der Waals surface area contributed by atoms with Crippen molar-refractivity contribution < 1.29 is 19.4 Å². The summed E-state index contributed by atoms with van der Waals surface area (Å²) in [5.41, 5.74) is 0. The summed E-state index contributed by atoms with van der Waals surface area (Å²) in [5, 5.41) is 9.41. The number of fused-ring (bicyclic) bond motifs is 1. The zero-order valence-corrected chi connectivity index (χ0v) is 10.6. The molecular weight excluding hydrogens is 232 g/mol. The van der Waals surface area contributed by atoms with Crippen molar-refractivity contribution in [3.05, 3.63) is 12.2 Å². The Bertz CT molecular complexity index is 426. The van der Waals surface area contributed by atoms with Crippen molar-refractivity contribution in [1.29, 1.82) is 0 Å². The minimum Gasteiger partial charge on any atom is -0.481 e. The van der Waals surface area contributed by atoms with Gasteiger partial charge >= 0.3 is 11.9 Å². The number of hydrogen-bond donors (Lipinski definition) is 1. The van der Waals surface area contributed by atoms with Crippen LogP contribution in [-0.2, 0) is 14.3 Å². The minimum absolute atomic E-state index is 0.0298. The third-order valence-corrected chi connectivity index (χ3v) is 4.56. The van der Waals surface area contributed by atoms with Gasteiger partial charge in [-0.05, 0) is 43.9 Å². The third kappa shape index (κ3) is 1.58. The van der Waals surface area contributed by atoms with Crippen LogP contribution in [0.1, 0.15) is 20.3 Å². The number of aliphatic carboxylic acids is 1. The largest absolute Gasteiger partial charge is 0.481 e. The number of carboxylic acid groups (broad SMARTS) is 1. The van der Waals surface area contributed by atoms with Crippen LogP contribution in [0.5, 0.6) is 0 Å². The number of hydrogen-bond acceptors (Lipinski definition) is 3. The van der Waals surface area contributed by atoms with Crippen LogP contribution in [0.2, 0.25) is 0 Å². The average molecular weight is 250 g/mol. The van der Waals surface area contributed by atoms with Gasteiger partial charge in [0.2, 0.25) is 0 Å². The highest BCUT2D eigenvalue weighted by atomic mass is 16.5. The van der Waals surface area contributed by atoms with Crippen molar-refractivity contribution in [2.75, 3.05) is 0 Å². The number of esters is 1. The van der Waals surface area contributed by atoms with Gasteiger partial charge in [0.15, 0.2) is 0 Å². The first kappa shape index (κ1) is 11.8. The smallest absolute Gasteiger partial charge is 0.310 e. The standard InChI is InChI=1S/C14H18O4/c1-6(2)18-14(17)12-8-4-3-7(9-5-10(8)9)11(12)13(15)16/h3-4,6-12H,5H2,1-2H3,(H,15,16)/t7-,8-,9-,10-,11-,12-/m0/s1. The lowest BCUT2D eigenvalue weighted by Gasteiger charge is -2.41. The molecule has 0 saturated heterocycles. The second-order valence-corrected chi connectivity index (χ2v) is 5.98. The number of ether oxygens (including phenoxy) is 1. The summed E-state index contributed by atoms with van der Waals surface area (Å²) in [6, 6.07) is 0. The van der Waals surface area contributed by atoms with E-state index in [1.165, 1.54) is 0 Å². The summed E-state index contributed by atoms with van der Waals surface area (Å²) < 4.78 is 5.25. The van der Waals surface area contributed by atoms with Crippen molar-refractivity contribution in [3.8, 4) is 0 Å². The van der Waals surface area contributed by atoms with Crippen LogP contribution < -0.4 is 0 Å². The van der Waals surface area contributed by atoms with Gasteiger partial charge in [-0.1, -0.05) is 12.2 Å². The molecule has 0 radical (unpaired) electrons. The molecule has 0 unspecified atom stereocenters. The van der Waals surface area contributed by atoms with Crippen LogP contribution in [0.3, 0.4) is 0 Å². The molecule has 4 rings (SSSR count). The topological polar surface area (TPSA) is 63.6 Å². The summed E-state index contributed by atoms with van der Waals surface area (Å²) in [4.78, 5) is 23.6. The van der Waals surface area contributed by atoms with Gasteiger partial charge in [-0.25, -0.2) is 0 Å². The van der Waals surface area contributed by atoms with E-state index in [0.717, 1.165) is 6.42 Å². The van der Waals surface area contributed by atoms with E-state index in [0.29, 0.717) is 11.8 Å². The van der Waals surface area contributed by atoms with Gasteiger partial charge in [-0.2, -0.15) is 0 Å². The number of allylic oxidation sites excluding steroid dienone is 2. The third-order valence-electron chi connectivity index (χ3n) is 4.56. The molecule has 18 heavy (non-hydrogen) atoms. The Balaban J connectivity index is 1.89. The van der Waals surface area contributed by atoms with Crippen molar-refractivity contribution in [1.82, 2.24) is 0 Å². The Morgan fingerprint density at radius 1 is 1.17 bits per heavy atom. The van der Waals surface area contributed by atoms with Crippen LogP contribution >= 0.6 is 0 Å². The van der Waals surface area contributed by atoms with Crippen LogP contribution in [0.15, 0.2) is 12.2 Å². The number of carboxylic acids is 1. The molecule has 4 aliphatic rings. The molecule has 1 N–H and O–H groups in total. The van der Waals surface area contributed by atoms with E-state index in [-0.39, 0.29) is 23.9 Å². The fourth-order valence-corrected chi connectivity index (χ4v) is 3.85. The maximum atomic E-state index is 12.2. The monoisotopic (exact) mass is 250 g/mol. The van der Waals surface area contributed by atoms with E-state index in [4.69, 9.17) is 4.74 Å². The molecule has 0 aliphatic heterocycles. The molecule has 2 fully saturated rings. The molecule has 4 nitrogen and oxygen atoms in total. The lowest BCUT2D eigenvalue weighted by molar-refractivity contribution is -0.167. The number of carbonyl (C=O) groups is 2. The van der Waals surface area contributed by atoms with E-state index in [1.54, 1.807) is 13.8 Å². The van der Waals surface area contributed by atoms with E-state index in [9.17, 15) is 14.7 Å². The van der Waals surface area contributed by atoms with Crippen molar-refractivity contribution in [2.24, 2.45) is 35.5 Å². The zero-order chi connectivity index (χ0) is 13.0. The first-order valence-corrected chi connectivity index (χ1v) is 6.62. The molecule has 0 aromatic carbocycles. The predicted molar refractivity (Wildman–Crippen MR) is 63.6 cm³/mol. The highest BCUT2D eigenvalue weighted by Gasteiger charge is 2.63. The van der Waals surface area contributed by atoms with Gasteiger partial charge < -0.3 is 9.84 Å². The summed E-state index contributed by atoms with van der Waals surface area (Å²) in [5.74, 6) is -1.15. The minimum atomic E-state index is -0.856.